The Morgan fingerprint density at radius 1 is 0.696 bits per heavy atom. The quantitative estimate of drug-likeness (QED) is 0.670. The fourth-order valence-electron chi connectivity index (χ4n) is 2.90. The maximum atomic E-state index is 3.62. The molecular formula is C22H31N. The van der Waals surface area contributed by atoms with Crippen LogP contribution in [0.5, 0.6) is 0 Å². The van der Waals surface area contributed by atoms with Gasteiger partial charge in [-0.05, 0) is 53.0 Å². The molecule has 0 aliphatic heterocycles. The molecule has 0 saturated carbocycles. The largest absolute Gasteiger partial charge is 0.355 e. The molecule has 0 aliphatic carbocycles. The predicted octanol–water partition coefficient (Wildman–Crippen LogP) is 6.61. The van der Waals surface area contributed by atoms with Crippen molar-refractivity contribution in [2.24, 2.45) is 10.8 Å². The number of para-hydroxylation sites is 1. The summed E-state index contributed by atoms with van der Waals surface area (Å²) in [5, 5.41) is 3.62. The average molecular weight is 309 g/mol. The Labute approximate surface area is 142 Å². The van der Waals surface area contributed by atoms with Crippen LogP contribution < -0.4 is 5.32 Å². The Morgan fingerprint density at radius 2 is 1.30 bits per heavy atom. The van der Waals surface area contributed by atoms with Gasteiger partial charge in [-0.15, -0.1) is 0 Å². The summed E-state index contributed by atoms with van der Waals surface area (Å²) in [4.78, 5) is 0. The Balaban J connectivity index is 2.42. The van der Waals surface area contributed by atoms with Crippen LogP contribution in [0.15, 0.2) is 48.5 Å². The molecule has 2 rings (SSSR count). The summed E-state index contributed by atoms with van der Waals surface area (Å²) in [5.41, 5.74) is 5.87. The zero-order valence-electron chi connectivity index (χ0n) is 15.5. The number of anilines is 2. The van der Waals surface area contributed by atoms with E-state index in [1.54, 1.807) is 0 Å². The monoisotopic (exact) mass is 309 g/mol. The molecule has 0 heterocycles. The SMILES string of the molecule is CC(C)(C)Cc1cccc(Nc2ccccc2)c1CC(C)(C)C. The normalized spacial score (nSPS) is 12.3. The van der Waals surface area contributed by atoms with E-state index in [1.807, 2.05) is 0 Å². The number of rotatable bonds is 4. The van der Waals surface area contributed by atoms with E-state index >= 15 is 0 Å². The Morgan fingerprint density at radius 3 is 1.87 bits per heavy atom. The van der Waals surface area contributed by atoms with Crippen molar-refractivity contribution in [3.8, 4) is 0 Å². The minimum Gasteiger partial charge on any atom is -0.355 e. The van der Waals surface area contributed by atoms with E-state index in [2.05, 4.69) is 95.4 Å². The number of nitrogens with one attached hydrogen (secondary N) is 1. The van der Waals surface area contributed by atoms with E-state index in [9.17, 15) is 0 Å². The smallest absolute Gasteiger partial charge is 0.0419 e. The highest BCUT2D eigenvalue weighted by Crippen LogP contribution is 2.33. The van der Waals surface area contributed by atoms with E-state index < -0.39 is 0 Å². The molecule has 0 aliphatic rings. The lowest BCUT2D eigenvalue weighted by atomic mass is 9.80. The second kappa shape index (κ2) is 6.78. The van der Waals surface area contributed by atoms with Gasteiger partial charge in [0.1, 0.15) is 0 Å². The molecule has 0 radical (unpaired) electrons. The average Bonchev–Trinajstić information content (AvgIpc) is 2.41. The maximum absolute atomic E-state index is 3.62. The first-order valence-electron chi connectivity index (χ1n) is 8.57. The molecule has 0 amide bonds. The van der Waals surface area contributed by atoms with Crippen LogP contribution in [0.1, 0.15) is 52.7 Å². The van der Waals surface area contributed by atoms with Gasteiger partial charge in [0.2, 0.25) is 0 Å². The van der Waals surface area contributed by atoms with Crippen LogP contribution in [0.2, 0.25) is 0 Å². The van der Waals surface area contributed by atoms with E-state index in [4.69, 9.17) is 0 Å². The molecule has 0 spiro atoms. The Kier molecular flexibility index (Phi) is 5.19. The summed E-state index contributed by atoms with van der Waals surface area (Å²) in [6, 6.07) is 17.1. The lowest BCUT2D eigenvalue weighted by molar-refractivity contribution is 0.393. The van der Waals surface area contributed by atoms with E-state index in [-0.39, 0.29) is 10.8 Å². The van der Waals surface area contributed by atoms with Gasteiger partial charge >= 0.3 is 0 Å². The van der Waals surface area contributed by atoms with E-state index in [0.717, 1.165) is 18.5 Å². The summed E-state index contributed by atoms with van der Waals surface area (Å²) in [6.45, 7) is 13.9. The summed E-state index contributed by atoms with van der Waals surface area (Å²) in [7, 11) is 0. The van der Waals surface area contributed by atoms with Crippen LogP contribution in [-0.2, 0) is 12.8 Å². The number of hydrogen-bond donors (Lipinski definition) is 1. The zero-order chi connectivity index (χ0) is 17.1. The number of hydrogen-bond acceptors (Lipinski definition) is 1. The number of benzene rings is 2. The van der Waals surface area contributed by atoms with Crippen LogP contribution in [0.4, 0.5) is 11.4 Å². The van der Waals surface area contributed by atoms with Gasteiger partial charge in [0.25, 0.3) is 0 Å². The van der Waals surface area contributed by atoms with Crippen LogP contribution in [0.25, 0.3) is 0 Å². The zero-order valence-corrected chi connectivity index (χ0v) is 15.5. The first kappa shape index (κ1) is 17.6. The van der Waals surface area contributed by atoms with Gasteiger partial charge in [0.05, 0.1) is 0 Å². The summed E-state index contributed by atoms with van der Waals surface area (Å²) < 4.78 is 0. The van der Waals surface area contributed by atoms with Gasteiger partial charge < -0.3 is 5.32 Å². The lowest BCUT2D eigenvalue weighted by Crippen LogP contribution is -2.16. The second-order valence-electron chi connectivity index (χ2n) is 8.91. The minimum atomic E-state index is 0.265. The Bertz CT molecular complexity index is 627. The molecule has 124 valence electrons. The van der Waals surface area contributed by atoms with Crippen LogP contribution in [-0.4, -0.2) is 0 Å². The molecule has 0 fully saturated rings. The van der Waals surface area contributed by atoms with Crippen molar-refractivity contribution >= 4 is 11.4 Å². The van der Waals surface area contributed by atoms with E-state index in [0.29, 0.717) is 0 Å². The molecule has 2 aromatic carbocycles. The van der Waals surface area contributed by atoms with Crippen molar-refractivity contribution in [2.45, 2.75) is 54.4 Å². The summed E-state index contributed by atoms with van der Waals surface area (Å²) in [6.07, 6.45) is 2.18. The lowest BCUT2D eigenvalue weighted by Gasteiger charge is -2.27. The molecule has 0 atom stereocenters. The fourth-order valence-corrected chi connectivity index (χ4v) is 2.90. The molecule has 2 aromatic rings. The molecule has 0 bridgehead atoms. The molecular weight excluding hydrogens is 278 g/mol. The van der Waals surface area contributed by atoms with E-state index in [1.165, 1.54) is 16.8 Å². The van der Waals surface area contributed by atoms with Crippen molar-refractivity contribution < 1.29 is 0 Å². The first-order valence-corrected chi connectivity index (χ1v) is 8.57. The first-order chi connectivity index (χ1) is 10.6. The third-order valence-electron chi connectivity index (χ3n) is 3.75. The van der Waals surface area contributed by atoms with Crippen LogP contribution >= 0.6 is 0 Å². The van der Waals surface area contributed by atoms with Crippen molar-refractivity contribution in [1.82, 2.24) is 0 Å². The van der Waals surface area contributed by atoms with Gasteiger partial charge in [0.15, 0.2) is 0 Å². The highest BCUT2D eigenvalue weighted by molar-refractivity contribution is 5.65. The van der Waals surface area contributed by atoms with Gasteiger partial charge in [0, 0.05) is 11.4 Å². The molecule has 1 heteroatoms. The molecule has 1 N–H and O–H groups in total. The van der Waals surface area contributed by atoms with Crippen molar-refractivity contribution in [3.05, 3.63) is 59.7 Å². The predicted molar refractivity (Wildman–Crippen MR) is 102 cm³/mol. The molecule has 0 saturated heterocycles. The van der Waals surface area contributed by atoms with Gasteiger partial charge in [-0.25, -0.2) is 0 Å². The topological polar surface area (TPSA) is 12.0 Å². The van der Waals surface area contributed by atoms with Gasteiger partial charge in [-0.2, -0.15) is 0 Å². The van der Waals surface area contributed by atoms with Crippen LogP contribution in [0.3, 0.4) is 0 Å². The van der Waals surface area contributed by atoms with Crippen molar-refractivity contribution in [2.75, 3.05) is 5.32 Å². The highest BCUT2D eigenvalue weighted by Gasteiger charge is 2.20. The van der Waals surface area contributed by atoms with Crippen molar-refractivity contribution in [1.29, 1.82) is 0 Å². The molecule has 23 heavy (non-hydrogen) atoms. The summed E-state index contributed by atoms with van der Waals surface area (Å²) >= 11 is 0. The second-order valence-corrected chi connectivity index (χ2v) is 8.91. The third-order valence-corrected chi connectivity index (χ3v) is 3.75. The van der Waals surface area contributed by atoms with Crippen LogP contribution in [0, 0.1) is 10.8 Å². The summed E-state index contributed by atoms with van der Waals surface area (Å²) in [5.74, 6) is 0. The fraction of sp³-hybridized carbons (Fsp3) is 0.455. The van der Waals surface area contributed by atoms with Crippen molar-refractivity contribution in [3.63, 3.8) is 0 Å². The molecule has 0 unspecified atom stereocenters. The highest BCUT2D eigenvalue weighted by atomic mass is 14.9. The van der Waals surface area contributed by atoms with Gasteiger partial charge in [-0.3, -0.25) is 0 Å². The molecule has 1 nitrogen and oxygen atoms in total. The standard InChI is InChI=1S/C22H31N/c1-21(2,3)15-17-11-10-14-20(19(17)16-22(4,5)6)23-18-12-8-7-9-13-18/h7-14,23H,15-16H2,1-6H3. The molecule has 0 aromatic heterocycles. The maximum Gasteiger partial charge on any atom is 0.0419 e. The minimum absolute atomic E-state index is 0.265. The van der Waals surface area contributed by atoms with Gasteiger partial charge in [-0.1, -0.05) is 71.9 Å². The Hall–Kier alpha value is -1.76. The third kappa shape index (κ3) is 5.74.